The minimum atomic E-state index is -4.16. The second-order valence-corrected chi connectivity index (χ2v) is 6.04. The fourth-order valence-corrected chi connectivity index (χ4v) is 2.60. The first-order valence-corrected chi connectivity index (χ1v) is 7.09. The Bertz CT molecular complexity index is 706. The van der Waals surface area contributed by atoms with Gasteiger partial charge in [-0.25, -0.2) is 10.8 Å². The zero-order valence-corrected chi connectivity index (χ0v) is 10.3. The standard InChI is InChI=1S/C8H6N4O4S2/c9-5-11-17(13,14)7-2-1-3-8(4-7)18(15,16)12-6-10/h1-4,9-10H. The zero-order valence-electron chi connectivity index (χ0n) is 8.65. The van der Waals surface area contributed by atoms with Crippen molar-refractivity contribution in [1.29, 1.82) is 10.8 Å². The van der Waals surface area contributed by atoms with Gasteiger partial charge in [-0.1, -0.05) is 14.9 Å². The molecule has 18 heavy (non-hydrogen) atoms. The molecule has 1 rings (SSSR count). The average molecular weight is 286 g/mol. The lowest BCUT2D eigenvalue weighted by Crippen LogP contribution is -2.01. The van der Waals surface area contributed by atoms with E-state index in [-0.39, 0.29) is 0 Å². The maximum Gasteiger partial charge on any atom is 0.291 e. The number of nitrogens with one attached hydrogen (secondary N) is 2. The van der Waals surface area contributed by atoms with Crippen molar-refractivity contribution in [1.82, 2.24) is 0 Å². The van der Waals surface area contributed by atoms with E-state index in [1.54, 1.807) is 0 Å². The van der Waals surface area contributed by atoms with Crippen LogP contribution >= 0.6 is 0 Å². The van der Waals surface area contributed by atoms with Crippen molar-refractivity contribution >= 4 is 32.1 Å². The summed E-state index contributed by atoms with van der Waals surface area (Å²) in [6.45, 7) is 0. The Kier molecular flexibility index (Phi) is 3.89. The molecule has 0 aliphatic carbocycles. The van der Waals surface area contributed by atoms with Gasteiger partial charge in [0.05, 0.1) is 9.79 Å². The molecular formula is C8H6N4O4S2. The number of benzene rings is 1. The van der Waals surface area contributed by atoms with E-state index in [4.69, 9.17) is 10.8 Å². The molecule has 0 atom stereocenters. The van der Waals surface area contributed by atoms with E-state index in [9.17, 15) is 16.8 Å². The number of hydrogen-bond donors (Lipinski definition) is 2. The molecule has 0 saturated heterocycles. The van der Waals surface area contributed by atoms with Crippen molar-refractivity contribution in [2.24, 2.45) is 8.80 Å². The minimum Gasteiger partial charge on any atom is -0.241 e. The molecular weight excluding hydrogens is 280 g/mol. The lowest BCUT2D eigenvalue weighted by molar-refractivity contribution is 0.596. The van der Waals surface area contributed by atoms with Gasteiger partial charge in [0.15, 0.2) is 0 Å². The van der Waals surface area contributed by atoms with Gasteiger partial charge in [0.2, 0.25) is 0 Å². The molecule has 8 nitrogen and oxygen atoms in total. The van der Waals surface area contributed by atoms with Crippen LogP contribution < -0.4 is 0 Å². The second kappa shape index (κ2) is 5.03. The largest absolute Gasteiger partial charge is 0.291 e. The summed E-state index contributed by atoms with van der Waals surface area (Å²) in [5, 5.41) is 13.0. The summed E-state index contributed by atoms with van der Waals surface area (Å²) in [6.07, 6.45) is 0. The third-order valence-electron chi connectivity index (χ3n) is 1.73. The fourth-order valence-electron chi connectivity index (χ4n) is 1.02. The van der Waals surface area contributed by atoms with Crippen molar-refractivity contribution in [2.75, 3.05) is 0 Å². The predicted octanol–water partition coefficient (Wildman–Crippen LogP) is 0.569. The topological polar surface area (TPSA) is 141 Å². The molecule has 0 bridgehead atoms. The van der Waals surface area contributed by atoms with Gasteiger partial charge < -0.3 is 0 Å². The summed E-state index contributed by atoms with van der Waals surface area (Å²) in [4.78, 5) is -0.827. The molecule has 0 amide bonds. The van der Waals surface area contributed by atoms with Gasteiger partial charge in [0.1, 0.15) is 12.0 Å². The van der Waals surface area contributed by atoms with E-state index in [0.29, 0.717) is 0 Å². The zero-order chi connectivity index (χ0) is 13.8. The SMILES string of the molecule is N=C=NS(=O)(=O)c1cccc(S(=O)(=O)N=C=N)c1. The normalized spacial score (nSPS) is 11.1. The Morgan fingerprint density at radius 2 is 1.28 bits per heavy atom. The Hall–Kier alpha value is -2.12. The lowest BCUT2D eigenvalue weighted by Gasteiger charge is -2.00. The quantitative estimate of drug-likeness (QED) is 0.780. The molecule has 0 fully saturated rings. The molecule has 94 valence electrons. The maximum atomic E-state index is 11.4. The highest BCUT2D eigenvalue weighted by Gasteiger charge is 2.18. The monoisotopic (exact) mass is 286 g/mol. The molecule has 1 aromatic rings. The minimum absolute atomic E-state index is 0.413. The second-order valence-electron chi connectivity index (χ2n) is 2.83. The highest BCUT2D eigenvalue weighted by atomic mass is 32.2. The van der Waals surface area contributed by atoms with Gasteiger partial charge in [-0.15, -0.1) is 0 Å². The average Bonchev–Trinajstić information content (AvgIpc) is 2.29. The van der Waals surface area contributed by atoms with E-state index >= 15 is 0 Å². The molecule has 0 radical (unpaired) electrons. The first-order chi connectivity index (χ1) is 8.33. The Balaban J connectivity index is 3.50. The van der Waals surface area contributed by atoms with E-state index in [1.807, 2.05) is 0 Å². The van der Waals surface area contributed by atoms with E-state index in [0.717, 1.165) is 18.2 Å². The molecule has 10 heteroatoms. The van der Waals surface area contributed by atoms with Crippen molar-refractivity contribution < 1.29 is 16.8 Å². The van der Waals surface area contributed by atoms with Gasteiger partial charge in [0, 0.05) is 0 Å². The molecule has 0 saturated carbocycles. The highest BCUT2D eigenvalue weighted by molar-refractivity contribution is 7.91. The Morgan fingerprint density at radius 3 is 1.61 bits per heavy atom. The van der Waals surface area contributed by atoms with Crippen LogP contribution in [0.4, 0.5) is 0 Å². The van der Waals surface area contributed by atoms with Gasteiger partial charge in [-0.2, -0.15) is 16.8 Å². The number of rotatable bonds is 4. The Labute approximate surface area is 103 Å². The predicted molar refractivity (Wildman–Crippen MR) is 61.1 cm³/mol. The van der Waals surface area contributed by atoms with Gasteiger partial charge in [0.25, 0.3) is 20.0 Å². The lowest BCUT2D eigenvalue weighted by atomic mass is 10.4. The first-order valence-electron chi connectivity index (χ1n) is 4.21. The number of sulfonamides is 2. The summed E-state index contributed by atoms with van der Waals surface area (Å²) in [5.41, 5.74) is 0. The first kappa shape index (κ1) is 13.9. The van der Waals surface area contributed by atoms with Crippen molar-refractivity contribution in [3.8, 4) is 0 Å². The fraction of sp³-hybridized carbons (Fsp3) is 0. The third-order valence-corrected chi connectivity index (χ3v) is 4.10. The van der Waals surface area contributed by atoms with E-state index < -0.39 is 29.8 Å². The smallest absolute Gasteiger partial charge is 0.241 e. The third kappa shape index (κ3) is 2.96. The van der Waals surface area contributed by atoms with Crippen molar-refractivity contribution in [3.63, 3.8) is 0 Å². The molecule has 0 heterocycles. The summed E-state index contributed by atoms with van der Waals surface area (Å²) in [6, 6.07) is 6.96. The molecule has 0 spiro atoms. The van der Waals surface area contributed by atoms with E-state index in [2.05, 4.69) is 8.80 Å². The van der Waals surface area contributed by atoms with Crippen LogP contribution in [0.1, 0.15) is 0 Å². The highest BCUT2D eigenvalue weighted by Crippen LogP contribution is 2.18. The number of hydrogen-bond acceptors (Lipinski definition) is 6. The molecule has 1 aromatic carbocycles. The van der Waals surface area contributed by atoms with Gasteiger partial charge in [-0.3, -0.25) is 0 Å². The van der Waals surface area contributed by atoms with Crippen LogP contribution in [0.25, 0.3) is 0 Å². The maximum absolute atomic E-state index is 11.4. The Morgan fingerprint density at radius 1 is 0.889 bits per heavy atom. The summed E-state index contributed by atoms with van der Waals surface area (Å²) in [5.74, 6) is 0. The van der Waals surface area contributed by atoms with Crippen LogP contribution in [-0.4, -0.2) is 28.9 Å². The summed E-state index contributed by atoms with van der Waals surface area (Å²) >= 11 is 0. The van der Waals surface area contributed by atoms with Crippen LogP contribution in [-0.2, 0) is 20.0 Å². The number of nitrogens with zero attached hydrogens (tertiary/aromatic N) is 2. The van der Waals surface area contributed by atoms with Crippen LogP contribution in [0.2, 0.25) is 0 Å². The van der Waals surface area contributed by atoms with Crippen molar-refractivity contribution in [2.45, 2.75) is 9.79 Å². The molecule has 2 N–H and O–H groups in total. The van der Waals surface area contributed by atoms with E-state index in [1.165, 1.54) is 18.1 Å². The van der Waals surface area contributed by atoms with Crippen LogP contribution in [0.5, 0.6) is 0 Å². The van der Waals surface area contributed by atoms with Crippen LogP contribution in [0.3, 0.4) is 0 Å². The summed E-state index contributed by atoms with van der Waals surface area (Å²) in [7, 11) is -8.31. The summed E-state index contributed by atoms with van der Waals surface area (Å²) < 4.78 is 51.4. The molecule has 0 aromatic heterocycles. The van der Waals surface area contributed by atoms with Crippen LogP contribution in [0, 0.1) is 10.8 Å². The van der Waals surface area contributed by atoms with Crippen LogP contribution in [0.15, 0.2) is 42.9 Å². The molecule has 0 unspecified atom stereocenters. The van der Waals surface area contributed by atoms with Gasteiger partial charge >= 0.3 is 0 Å². The molecule has 0 aliphatic rings. The molecule has 0 aliphatic heterocycles. The van der Waals surface area contributed by atoms with Crippen molar-refractivity contribution in [3.05, 3.63) is 24.3 Å². The van der Waals surface area contributed by atoms with Gasteiger partial charge in [-0.05, 0) is 18.2 Å².